The van der Waals surface area contributed by atoms with Gasteiger partial charge in [0.05, 0.1) is 12.2 Å². The minimum Gasteiger partial charge on any atom is -0.508 e. The molecule has 2 aromatic carbocycles. The van der Waals surface area contributed by atoms with E-state index in [4.69, 9.17) is 9.15 Å². The third-order valence-corrected chi connectivity index (χ3v) is 4.44. The van der Waals surface area contributed by atoms with Crippen LogP contribution in [0.2, 0.25) is 0 Å². The number of carbonyl (C=O) groups excluding carboxylic acids is 2. The van der Waals surface area contributed by atoms with Gasteiger partial charge in [0.2, 0.25) is 0 Å². The maximum absolute atomic E-state index is 13.2. The Morgan fingerprint density at radius 1 is 1.19 bits per heavy atom. The van der Waals surface area contributed by atoms with Crippen molar-refractivity contribution in [3.8, 4) is 5.75 Å². The number of fused-ring (bicyclic) bond motifs is 1. The van der Waals surface area contributed by atoms with E-state index in [0.29, 0.717) is 16.5 Å². The molecule has 1 atom stereocenters. The number of rotatable bonds is 5. The number of hydrogen-bond donors (Lipinski definition) is 2. The molecule has 5 nitrogen and oxygen atoms in total. The minimum atomic E-state index is -1.47. The molecule has 6 heteroatoms. The van der Waals surface area contributed by atoms with Gasteiger partial charge in [0, 0.05) is 10.9 Å². The van der Waals surface area contributed by atoms with Gasteiger partial charge in [-0.1, -0.05) is 30.3 Å². The molecule has 0 amide bonds. The summed E-state index contributed by atoms with van der Waals surface area (Å²) in [6.45, 7) is 3.39. The minimum absolute atomic E-state index is 0.0102. The van der Waals surface area contributed by atoms with Gasteiger partial charge in [-0.25, -0.2) is 0 Å². The van der Waals surface area contributed by atoms with Crippen LogP contribution in [0.25, 0.3) is 11.0 Å². The molecule has 0 aliphatic rings. The standard InChI is InChI=1S/C20H18O5S/c1-3-24-19(23)20(2,26)18-16(17(22)12-7-5-4-6-8-12)14-11-13(21)9-10-15(14)25-18/h4-11,21,26H,3H2,1-2H3. The van der Waals surface area contributed by atoms with E-state index < -0.39 is 10.7 Å². The molecule has 3 aromatic rings. The maximum Gasteiger partial charge on any atom is 0.329 e. The summed E-state index contributed by atoms with van der Waals surface area (Å²) in [5.74, 6) is -0.860. The van der Waals surface area contributed by atoms with Gasteiger partial charge in [-0.15, -0.1) is 0 Å². The molecule has 3 rings (SSSR count). The second kappa shape index (κ2) is 6.88. The van der Waals surface area contributed by atoms with Crippen molar-refractivity contribution < 1.29 is 23.8 Å². The van der Waals surface area contributed by atoms with Gasteiger partial charge in [0.1, 0.15) is 17.1 Å². The monoisotopic (exact) mass is 370 g/mol. The van der Waals surface area contributed by atoms with Gasteiger partial charge in [-0.05, 0) is 32.0 Å². The highest BCUT2D eigenvalue weighted by atomic mass is 32.1. The van der Waals surface area contributed by atoms with E-state index in [1.54, 1.807) is 43.3 Å². The van der Waals surface area contributed by atoms with E-state index in [0.717, 1.165) is 0 Å². The van der Waals surface area contributed by atoms with Crippen molar-refractivity contribution in [3.05, 3.63) is 65.4 Å². The third-order valence-electron chi connectivity index (χ3n) is 4.05. The summed E-state index contributed by atoms with van der Waals surface area (Å²) in [4.78, 5) is 25.6. The first-order valence-corrected chi connectivity index (χ1v) is 8.56. The molecular formula is C20H18O5S. The Labute approximate surface area is 156 Å². The molecule has 134 valence electrons. The molecule has 0 spiro atoms. The summed E-state index contributed by atoms with van der Waals surface area (Å²) in [6.07, 6.45) is 0. The normalized spacial score (nSPS) is 13.3. The average molecular weight is 370 g/mol. The lowest BCUT2D eigenvalue weighted by Crippen LogP contribution is -2.30. The van der Waals surface area contributed by atoms with Crippen LogP contribution in [0.1, 0.15) is 35.5 Å². The number of furan rings is 1. The Balaban J connectivity index is 2.26. The predicted molar refractivity (Wildman–Crippen MR) is 101 cm³/mol. The number of benzene rings is 2. The molecule has 1 heterocycles. The summed E-state index contributed by atoms with van der Waals surface area (Å²) < 4.78 is 9.44. The Morgan fingerprint density at radius 2 is 1.88 bits per heavy atom. The van der Waals surface area contributed by atoms with E-state index in [1.165, 1.54) is 19.1 Å². The Morgan fingerprint density at radius 3 is 2.54 bits per heavy atom. The van der Waals surface area contributed by atoms with Crippen LogP contribution in [0, 0.1) is 0 Å². The third kappa shape index (κ3) is 3.08. The summed E-state index contributed by atoms with van der Waals surface area (Å²) in [5.41, 5.74) is 1.00. The fourth-order valence-electron chi connectivity index (χ4n) is 2.75. The zero-order valence-electron chi connectivity index (χ0n) is 14.4. The predicted octanol–water partition coefficient (Wildman–Crippen LogP) is 4.08. The molecule has 0 saturated heterocycles. The number of phenolic OH excluding ortho intramolecular Hbond substituents is 1. The fourth-order valence-corrected chi connectivity index (χ4v) is 2.97. The Kier molecular flexibility index (Phi) is 4.78. The molecular weight excluding hydrogens is 352 g/mol. The van der Waals surface area contributed by atoms with Crippen LogP contribution >= 0.6 is 12.6 Å². The molecule has 26 heavy (non-hydrogen) atoms. The average Bonchev–Trinajstić information content (AvgIpc) is 3.01. The number of carbonyl (C=O) groups is 2. The molecule has 0 bridgehead atoms. The highest BCUT2D eigenvalue weighted by Gasteiger charge is 2.41. The van der Waals surface area contributed by atoms with Crippen LogP contribution in [0.4, 0.5) is 0 Å². The van der Waals surface area contributed by atoms with Crippen molar-refractivity contribution in [3.63, 3.8) is 0 Å². The van der Waals surface area contributed by atoms with E-state index in [1.807, 2.05) is 0 Å². The first-order valence-electron chi connectivity index (χ1n) is 8.11. The molecule has 0 radical (unpaired) electrons. The molecule has 1 unspecified atom stereocenters. The topological polar surface area (TPSA) is 76.7 Å². The van der Waals surface area contributed by atoms with Crippen LogP contribution in [0.15, 0.2) is 52.9 Å². The summed E-state index contributed by atoms with van der Waals surface area (Å²) in [6, 6.07) is 13.1. The Bertz CT molecular complexity index is 973. The molecule has 0 aliphatic carbocycles. The first kappa shape index (κ1) is 18.1. The zero-order valence-corrected chi connectivity index (χ0v) is 15.2. The van der Waals surface area contributed by atoms with Crippen molar-refractivity contribution in [2.75, 3.05) is 6.61 Å². The van der Waals surface area contributed by atoms with Gasteiger partial charge in [-0.3, -0.25) is 9.59 Å². The molecule has 0 aliphatic heterocycles. The number of esters is 1. The molecule has 1 N–H and O–H groups in total. The number of aromatic hydroxyl groups is 1. The SMILES string of the molecule is CCOC(=O)C(C)(S)c1oc2ccc(O)cc2c1C(=O)c1ccccc1. The van der Waals surface area contributed by atoms with Gasteiger partial charge in [-0.2, -0.15) is 12.6 Å². The zero-order chi connectivity index (χ0) is 18.9. The van der Waals surface area contributed by atoms with Crippen LogP contribution in [-0.2, 0) is 14.3 Å². The van der Waals surface area contributed by atoms with Gasteiger partial charge in [0.25, 0.3) is 0 Å². The van der Waals surface area contributed by atoms with E-state index in [9.17, 15) is 14.7 Å². The summed E-state index contributed by atoms with van der Waals surface area (Å²) in [7, 11) is 0. The van der Waals surface area contributed by atoms with Gasteiger partial charge < -0.3 is 14.3 Å². The van der Waals surface area contributed by atoms with Crippen molar-refractivity contribution in [1.82, 2.24) is 0 Å². The smallest absolute Gasteiger partial charge is 0.329 e. The van der Waals surface area contributed by atoms with E-state index >= 15 is 0 Å². The first-order chi connectivity index (χ1) is 12.4. The van der Waals surface area contributed by atoms with Crippen LogP contribution < -0.4 is 0 Å². The largest absolute Gasteiger partial charge is 0.508 e. The lowest BCUT2D eigenvalue weighted by Gasteiger charge is -2.20. The number of ether oxygens (including phenoxy) is 1. The highest BCUT2D eigenvalue weighted by Crippen LogP contribution is 2.40. The second-order valence-electron chi connectivity index (χ2n) is 5.97. The lowest BCUT2D eigenvalue weighted by molar-refractivity contribution is -0.146. The molecule has 0 fully saturated rings. The van der Waals surface area contributed by atoms with E-state index in [2.05, 4.69) is 12.6 Å². The van der Waals surface area contributed by atoms with E-state index in [-0.39, 0.29) is 29.5 Å². The van der Waals surface area contributed by atoms with Crippen LogP contribution in [0.5, 0.6) is 5.75 Å². The van der Waals surface area contributed by atoms with Crippen LogP contribution in [0.3, 0.4) is 0 Å². The van der Waals surface area contributed by atoms with Gasteiger partial charge in [0.15, 0.2) is 10.5 Å². The highest BCUT2D eigenvalue weighted by molar-refractivity contribution is 7.82. The van der Waals surface area contributed by atoms with Crippen molar-refractivity contribution in [1.29, 1.82) is 0 Å². The maximum atomic E-state index is 13.2. The second-order valence-corrected chi connectivity index (χ2v) is 6.87. The lowest BCUT2D eigenvalue weighted by atomic mass is 9.95. The molecule has 0 saturated carbocycles. The number of hydrogen-bond acceptors (Lipinski definition) is 6. The summed E-state index contributed by atoms with van der Waals surface area (Å²) >= 11 is 4.44. The van der Waals surface area contributed by atoms with Crippen molar-refractivity contribution >= 4 is 35.4 Å². The van der Waals surface area contributed by atoms with Gasteiger partial charge >= 0.3 is 5.97 Å². The Hall–Kier alpha value is -2.73. The van der Waals surface area contributed by atoms with Crippen molar-refractivity contribution in [2.24, 2.45) is 0 Å². The summed E-state index contributed by atoms with van der Waals surface area (Å²) in [5, 5.41) is 10.3. The van der Waals surface area contributed by atoms with Crippen molar-refractivity contribution in [2.45, 2.75) is 18.6 Å². The molecule has 1 aromatic heterocycles. The quantitative estimate of drug-likeness (QED) is 0.402. The van der Waals surface area contributed by atoms with Crippen LogP contribution in [-0.4, -0.2) is 23.5 Å². The number of thiol groups is 1. The number of phenols is 1. The number of ketones is 1. The fraction of sp³-hybridized carbons (Fsp3) is 0.200.